The maximum atomic E-state index is 11.3. The van der Waals surface area contributed by atoms with Crippen molar-refractivity contribution in [1.29, 1.82) is 0 Å². The van der Waals surface area contributed by atoms with Crippen molar-refractivity contribution >= 4 is 63.9 Å². The van der Waals surface area contributed by atoms with Crippen molar-refractivity contribution in [2.75, 3.05) is 0 Å². The topological polar surface area (TPSA) is 29.1 Å². The molecule has 0 aliphatic heterocycles. The molecule has 1 atom stereocenters. The molecule has 0 aromatic heterocycles. The smallest absolute Gasteiger partial charge is 0.217 e. The minimum Gasteiger partial charge on any atom is -0.354 e. The highest BCUT2D eigenvalue weighted by Crippen LogP contribution is 2.29. The van der Waals surface area contributed by atoms with E-state index in [1.54, 1.807) is 0 Å². The van der Waals surface area contributed by atoms with E-state index in [2.05, 4.69) is 29.0 Å². The molecule has 0 aromatic carbocycles. The van der Waals surface area contributed by atoms with Gasteiger partial charge in [0.15, 0.2) is 0 Å². The Kier molecular flexibility index (Phi) is 14.3. The molecule has 0 unspecified atom stereocenters. The fourth-order valence-corrected chi connectivity index (χ4v) is 2.29. The predicted molar refractivity (Wildman–Crippen MR) is 106 cm³/mol. The first-order valence-electron chi connectivity index (χ1n) is 7.74. The summed E-state index contributed by atoms with van der Waals surface area (Å²) in [7, 11) is 0. The van der Waals surface area contributed by atoms with Crippen molar-refractivity contribution in [1.82, 2.24) is 5.32 Å². The van der Waals surface area contributed by atoms with Crippen molar-refractivity contribution in [3.63, 3.8) is 0 Å². The zero-order valence-electron chi connectivity index (χ0n) is 13.6. The molecule has 1 N–H and O–H groups in total. The second-order valence-corrected chi connectivity index (χ2v) is 9.07. The number of rotatable bonds is 8. The zero-order valence-corrected chi connectivity index (χ0v) is 17.4. The number of amides is 1. The van der Waals surface area contributed by atoms with Crippen molar-refractivity contribution in [3.8, 4) is 23.7 Å². The van der Waals surface area contributed by atoms with E-state index in [9.17, 15) is 4.79 Å². The molecular formula is C17H22Cl5NO. The van der Waals surface area contributed by atoms with Crippen LogP contribution < -0.4 is 5.32 Å². The monoisotopic (exact) mass is 431 g/mol. The minimum atomic E-state index is -1.32. The number of carbonyl (C=O) groups excluding carboxylic acids is 1. The molecule has 2 nitrogen and oxygen atoms in total. The molecule has 0 aromatic rings. The number of nitrogens with one attached hydrogen (secondary N) is 1. The van der Waals surface area contributed by atoms with Crippen LogP contribution in [0.2, 0.25) is 0 Å². The van der Waals surface area contributed by atoms with Crippen LogP contribution in [0.25, 0.3) is 0 Å². The SMILES string of the molecule is CC(=O)N[C@H](CCCC#CCC(Cl)Cl)CCCC#CCC(Cl)(Cl)Cl. The van der Waals surface area contributed by atoms with E-state index in [1.165, 1.54) is 6.92 Å². The quantitative estimate of drug-likeness (QED) is 0.293. The third kappa shape index (κ3) is 18.4. The molecule has 0 rings (SSSR count). The molecule has 24 heavy (non-hydrogen) atoms. The molecule has 0 saturated carbocycles. The Balaban J connectivity index is 4.04. The van der Waals surface area contributed by atoms with E-state index >= 15 is 0 Å². The van der Waals surface area contributed by atoms with Gasteiger partial charge >= 0.3 is 0 Å². The summed E-state index contributed by atoms with van der Waals surface area (Å²) < 4.78 is -1.32. The van der Waals surface area contributed by atoms with Crippen LogP contribution in [0.1, 0.15) is 58.3 Å². The minimum absolute atomic E-state index is 0.0273. The van der Waals surface area contributed by atoms with Gasteiger partial charge in [-0.3, -0.25) is 4.79 Å². The van der Waals surface area contributed by atoms with Gasteiger partial charge < -0.3 is 5.32 Å². The van der Waals surface area contributed by atoms with Crippen LogP contribution in [0.5, 0.6) is 0 Å². The summed E-state index contributed by atoms with van der Waals surface area (Å²) >= 11 is 28.1. The van der Waals surface area contributed by atoms with Gasteiger partial charge in [0, 0.05) is 32.2 Å². The average molecular weight is 434 g/mol. The lowest BCUT2D eigenvalue weighted by Crippen LogP contribution is -2.32. The van der Waals surface area contributed by atoms with Gasteiger partial charge in [0.25, 0.3) is 0 Å². The lowest BCUT2D eigenvalue weighted by atomic mass is 10.0. The highest BCUT2D eigenvalue weighted by Gasteiger charge is 2.16. The molecule has 1 amide bonds. The van der Waals surface area contributed by atoms with Crippen LogP contribution in [0, 0.1) is 23.7 Å². The van der Waals surface area contributed by atoms with E-state index in [-0.39, 0.29) is 18.4 Å². The Bertz CT molecular complexity index is 479. The van der Waals surface area contributed by atoms with Crippen LogP contribution in [-0.2, 0) is 4.79 Å². The number of carbonyl (C=O) groups is 1. The number of halogens is 5. The standard InChI is InChI=1S/C17H22Cl5NO/c1-14(24)23-15(10-6-2-3-8-12-16(18)19)11-7-4-5-9-13-17(20,21)22/h15-16H,2,4,6-7,10-13H2,1H3,(H,23,24)/t15-/m1/s1. The van der Waals surface area contributed by atoms with Gasteiger partial charge in [-0.2, -0.15) is 0 Å². The fraction of sp³-hybridized carbons (Fsp3) is 0.706. The van der Waals surface area contributed by atoms with Crippen molar-refractivity contribution in [3.05, 3.63) is 0 Å². The van der Waals surface area contributed by atoms with Crippen molar-refractivity contribution in [2.24, 2.45) is 0 Å². The summed E-state index contributed by atoms with van der Waals surface area (Å²) in [6.07, 6.45) is 5.70. The third-order valence-corrected chi connectivity index (χ3v) is 3.62. The van der Waals surface area contributed by atoms with Gasteiger partial charge in [-0.25, -0.2) is 0 Å². The lowest BCUT2D eigenvalue weighted by molar-refractivity contribution is -0.119. The molecule has 0 saturated heterocycles. The molecule has 136 valence electrons. The van der Waals surface area contributed by atoms with Gasteiger partial charge in [-0.15, -0.1) is 41.0 Å². The number of hydrogen-bond donors (Lipinski definition) is 1. The molecule has 0 radical (unpaired) electrons. The van der Waals surface area contributed by atoms with Crippen LogP contribution >= 0.6 is 58.0 Å². The third-order valence-electron chi connectivity index (χ3n) is 2.91. The number of hydrogen-bond acceptors (Lipinski definition) is 1. The Labute approximate surface area is 170 Å². The fourth-order valence-electron chi connectivity index (χ4n) is 1.94. The number of alkyl halides is 5. The van der Waals surface area contributed by atoms with Crippen LogP contribution in [0.15, 0.2) is 0 Å². The zero-order chi connectivity index (χ0) is 18.4. The molecule has 7 heteroatoms. The lowest BCUT2D eigenvalue weighted by Gasteiger charge is -2.16. The summed E-state index contributed by atoms with van der Waals surface area (Å²) in [6, 6.07) is 0.132. The Hall–Kier alpha value is 0.0400. The summed E-state index contributed by atoms with van der Waals surface area (Å²) in [4.78, 5) is 10.8. The first-order valence-corrected chi connectivity index (χ1v) is 9.75. The van der Waals surface area contributed by atoms with Crippen LogP contribution in [-0.4, -0.2) is 20.6 Å². The second-order valence-electron chi connectivity index (χ2n) is 5.28. The maximum absolute atomic E-state index is 11.3. The largest absolute Gasteiger partial charge is 0.354 e. The molecule has 0 spiro atoms. The highest BCUT2D eigenvalue weighted by molar-refractivity contribution is 6.67. The predicted octanol–water partition coefficient (Wildman–Crippen LogP) is 5.79. The van der Waals surface area contributed by atoms with Crippen LogP contribution in [0.4, 0.5) is 0 Å². The normalized spacial score (nSPS) is 12.0. The molecular weight excluding hydrogens is 411 g/mol. The second kappa shape index (κ2) is 14.2. The number of unbranched alkanes of at least 4 members (excludes halogenated alkanes) is 2. The molecule has 0 aliphatic rings. The van der Waals surface area contributed by atoms with Crippen LogP contribution in [0.3, 0.4) is 0 Å². The first-order chi connectivity index (χ1) is 11.2. The molecule has 0 aliphatic carbocycles. The summed E-state index contributed by atoms with van der Waals surface area (Å²) in [5.41, 5.74) is 0. The molecule has 0 heterocycles. The maximum Gasteiger partial charge on any atom is 0.217 e. The van der Waals surface area contributed by atoms with Gasteiger partial charge in [0.1, 0.15) is 4.84 Å². The van der Waals surface area contributed by atoms with E-state index in [0.29, 0.717) is 12.8 Å². The summed E-state index contributed by atoms with van der Waals surface area (Å²) in [6.45, 7) is 1.52. The van der Waals surface area contributed by atoms with Gasteiger partial charge in [-0.05, 0) is 25.7 Å². The first kappa shape index (κ1) is 24.0. The highest BCUT2D eigenvalue weighted by atomic mass is 35.6. The molecule has 0 bridgehead atoms. The average Bonchev–Trinajstić information content (AvgIpc) is 2.43. The summed E-state index contributed by atoms with van der Waals surface area (Å²) in [5.74, 6) is 11.8. The summed E-state index contributed by atoms with van der Waals surface area (Å²) in [5, 5.41) is 2.96. The van der Waals surface area contributed by atoms with E-state index in [4.69, 9.17) is 58.0 Å². The Morgan fingerprint density at radius 3 is 2.00 bits per heavy atom. The van der Waals surface area contributed by atoms with Gasteiger partial charge in [-0.1, -0.05) is 40.7 Å². The van der Waals surface area contributed by atoms with Gasteiger partial charge in [0.2, 0.25) is 9.70 Å². The van der Waals surface area contributed by atoms with E-state index in [1.807, 2.05) is 0 Å². The van der Waals surface area contributed by atoms with Gasteiger partial charge in [0.05, 0.1) is 6.42 Å². The Morgan fingerprint density at radius 1 is 1.00 bits per heavy atom. The van der Waals surface area contributed by atoms with E-state index in [0.717, 1.165) is 32.1 Å². The van der Waals surface area contributed by atoms with Crippen molar-refractivity contribution < 1.29 is 4.79 Å². The Morgan fingerprint density at radius 2 is 1.54 bits per heavy atom. The molecule has 0 fully saturated rings. The van der Waals surface area contributed by atoms with Crippen molar-refractivity contribution in [2.45, 2.75) is 73.0 Å². The van der Waals surface area contributed by atoms with E-state index < -0.39 is 8.63 Å².